The van der Waals surface area contributed by atoms with E-state index in [2.05, 4.69) is 15.3 Å². The standard InChI is InChI=1S/C17H20N4O4S2/c22-16(15-9-26-12-20-15)19-6-3-13-4-7-25-17(13)10-21(11-17)27(23,24)14-2-1-5-18-8-14/h1-2,5,8-9,12-13H,3-4,6-7,10-11H2,(H,19,22). The highest BCUT2D eigenvalue weighted by atomic mass is 32.2. The molecule has 4 rings (SSSR count). The SMILES string of the molecule is O=C(NCCC1CCOC12CN(S(=O)(=O)c1cccnc1)C2)c1cscn1. The Balaban J connectivity index is 1.34. The maximum absolute atomic E-state index is 12.7. The molecule has 2 aliphatic rings. The van der Waals surface area contributed by atoms with E-state index < -0.39 is 15.6 Å². The third kappa shape index (κ3) is 3.49. The molecule has 8 nitrogen and oxygen atoms in total. The van der Waals surface area contributed by atoms with Crippen LogP contribution in [0.3, 0.4) is 0 Å². The maximum Gasteiger partial charge on any atom is 0.270 e. The number of sulfonamides is 1. The van der Waals surface area contributed by atoms with Crippen molar-refractivity contribution >= 4 is 27.3 Å². The second-order valence-corrected chi connectivity index (χ2v) is 9.44. The van der Waals surface area contributed by atoms with Gasteiger partial charge in [-0.25, -0.2) is 13.4 Å². The predicted molar refractivity (Wildman–Crippen MR) is 98.9 cm³/mol. The van der Waals surface area contributed by atoms with Crippen molar-refractivity contribution in [3.05, 3.63) is 41.1 Å². The van der Waals surface area contributed by atoms with Crippen LogP contribution in [-0.2, 0) is 14.8 Å². The molecule has 144 valence electrons. The van der Waals surface area contributed by atoms with Crippen molar-refractivity contribution in [2.75, 3.05) is 26.2 Å². The number of carbonyl (C=O) groups is 1. The lowest BCUT2D eigenvalue weighted by molar-refractivity contribution is -0.102. The smallest absolute Gasteiger partial charge is 0.270 e. The average molecular weight is 409 g/mol. The second kappa shape index (κ2) is 7.27. The van der Waals surface area contributed by atoms with Crippen LogP contribution in [0.5, 0.6) is 0 Å². The van der Waals surface area contributed by atoms with Crippen molar-refractivity contribution in [3.8, 4) is 0 Å². The number of aromatic nitrogens is 2. The fourth-order valence-corrected chi connectivity index (χ4v) is 5.74. The number of ether oxygens (including phenoxy) is 1. The molecule has 0 aromatic carbocycles. The first-order chi connectivity index (χ1) is 13.0. The van der Waals surface area contributed by atoms with Gasteiger partial charge >= 0.3 is 0 Å². The summed E-state index contributed by atoms with van der Waals surface area (Å²) in [7, 11) is -3.54. The fraction of sp³-hybridized carbons (Fsp3) is 0.471. The lowest BCUT2D eigenvalue weighted by atomic mass is 9.80. The summed E-state index contributed by atoms with van der Waals surface area (Å²) in [6.07, 6.45) is 4.53. The minimum atomic E-state index is -3.54. The van der Waals surface area contributed by atoms with Crippen molar-refractivity contribution in [1.29, 1.82) is 0 Å². The predicted octanol–water partition coefficient (Wildman–Crippen LogP) is 1.14. The molecular weight excluding hydrogens is 388 g/mol. The number of carbonyl (C=O) groups excluding carboxylic acids is 1. The van der Waals surface area contributed by atoms with Crippen LogP contribution in [0.1, 0.15) is 23.3 Å². The van der Waals surface area contributed by atoms with Gasteiger partial charge < -0.3 is 10.1 Å². The van der Waals surface area contributed by atoms with Crippen LogP contribution in [0.2, 0.25) is 0 Å². The molecule has 10 heteroatoms. The van der Waals surface area contributed by atoms with Crippen LogP contribution in [0.25, 0.3) is 0 Å². The van der Waals surface area contributed by atoms with E-state index in [1.807, 2.05) is 0 Å². The molecule has 0 aliphatic carbocycles. The van der Waals surface area contributed by atoms with Crippen LogP contribution in [-0.4, -0.2) is 60.4 Å². The maximum atomic E-state index is 12.7. The van der Waals surface area contributed by atoms with Crippen LogP contribution >= 0.6 is 11.3 Å². The molecule has 0 radical (unpaired) electrons. The number of nitrogens with zero attached hydrogens (tertiary/aromatic N) is 3. The number of hydrogen-bond donors (Lipinski definition) is 1. The Bertz CT molecular complexity index is 896. The van der Waals surface area contributed by atoms with Crippen LogP contribution in [0.15, 0.2) is 40.3 Å². The largest absolute Gasteiger partial charge is 0.372 e. The lowest BCUT2D eigenvalue weighted by Crippen LogP contribution is -2.66. The highest BCUT2D eigenvalue weighted by molar-refractivity contribution is 7.89. The third-order valence-corrected chi connectivity index (χ3v) is 7.57. The zero-order chi connectivity index (χ0) is 18.9. The Morgan fingerprint density at radius 2 is 2.30 bits per heavy atom. The van der Waals surface area contributed by atoms with Gasteiger partial charge in [0.05, 0.1) is 11.1 Å². The Hall–Kier alpha value is -1.88. The zero-order valence-corrected chi connectivity index (χ0v) is 16.2. The Morgan fingerprint density at radius 3 is 3.00 bits per heavy atom. The van der Waals surface area contributed by atoms with Crippen LogP contribution in [0.4, 0.5) is 0 Å². The number of pyridine rings is 1. The van der Waals surface area contributed by atoms with Gasteiger partial charge in [-0.05, 0) is 30.9 Å². The van der Waals surface area contributed by atoms with E-state index >= 15 is 0 Å². The van der Waals surface area contributed by atoms with E-state index in [9.17, 15) is 13.2 Å². The molecule has 2 aromatic heterocycles. The average Bonchev–Trinajstić information content (AvgIpc) is 3.31. The highest BCUT2D eigenvalue weighted by Crippen LogP contribution is 2.43. The molecule has 4 heterocycles. The first-order valence-corrected chi connectivity index (χ1v) is 11.1. The Labute approximate surface area is 161 Å². The highest BCUT2D eigenvalue weighted by Gasteiger charge is 2.56. The summed E-state index contributed by atoms with van der Waals surface area (Å²) >= 11 is 1.38. The molecule has 0 saturated carbocycles. The molecule has 1 amide bonds. The van der Waals surface area contributed by atoms with Crippen molar-refractivity contribution in [2.45, 2.75) is 23.3 Å². The number of hydrogen-bond acceptors (Lipinski definition) is 7. The van der Waals surface area contributed by atoms with E-state index in [0.717, 1.165) is 12.8 Å². The van der Waals surface area contributed by atoms with E-state index in [-0.39, 0.29) is 16.7 Å². The van der Waals surface area contributed by atoms with Crippen LogP contribution in [0, 0.1) is 5.92 Å². The molecular formula is C17H20N4O4S2. The lowest BCUT2D eigenvalue weighted by Gasteiger charge is -2.49. The fourth-order valence-electron chi connectivity index (χ4n) is 3.69. The van der Waals surface area contributed by atoms with Gasteiger partial charge in [-0.3, -0.25) is 9.78 Å². The molecule has 2 aromatic rings. The summed E-state index contributed by atoms with van der Waals surface area (Å²) in [5, 5.41) is 4.59. The van der Waals surface area contributed by atoms with Gasteiger partial charge in [-0.1, -0.05) is 0 Å². The number of thiazole rings is 1. The summed E-state index contributed by atoms with van der Waals surface area (Å²) in [5.74, 6) is 0.0344. The van der Waals surface area contributed by atoms with Crippen molar-refractivity contribution in [1.82, 2.24) is 19.6 Å². The Kier molecular flexibility index (Phi) is 4.97. The molecule has 2 aliphatic heterocycles. The first kappa shape index (κ1) is 18.5. The molecule has 1 atom stereocenters. The van der Waals surface area contributed by atoms with E-state index in [0.29, 0.717) is 31.9 Å². The third-order valence-electron chi connectivity index (χ3n) is 5.20. The van der Waals surface area contributed by atoms with Gasteiger partial charge in [-0.15, -0.1) is 11.3 Å². The molecule has 1 N–H and O–H groups in total. The van der Waals surface area contributed by atoms with Gasteiger partial charge in [0.2, 0.25) is 10.0 Å². The number of amides is 1. The summed E-state index contributed by atoms with van der Waals surface area (Å²) in [5.41, 5.74) is 1.61. The Morgan fingerprint density at radius 1 is 1.44 bits per heavy atom. The quantitative estimate of drug-likeness (QED) is 0.769. The van der Waals surface area contributed by atoms with Gasteiger partial charge in [0.25, 0.3) is 5.91 Å². The molecule has 0 bridgehead atoms. The monoisotopic (exact) mass is 408 g/mol. The van der Waals surface area contributed by atoms with Gasteiger partial charge in [0.15, 0.2) is 0 Å². The number of nitrogens with one attached hydrogen (secondary N) is 1. The summed E-state index contributed by atoms with van der Waals surface area (Å²) in [6, 6.07) is 3.16. The normalized spacial score (nSPS) is 21.9. The van der Waals surface area contributed by atoms with Crippen molar-refractivity contribution in [2.24, 2.45) is 5.92 Å². The topological polar surface area (TPSA) is 101 Å². The van der Waals surface area contributed by atoms with Gasteiger partial charge in [0, 0.05) is 44.0 Å². The summed E-state index contributed by atoms with van der Waals surface area (Å²) < 4.78 is 32.7. The first-order valence-electron chi connectivity index (χ1n) is 8.72. The minimum absolute atomic E-state index is 0.182. The molecule has 2 saturated heterocycles. The summed E-state index contributed by atoms with van der Waals surface area (Å²) in [6.45, 7) is 1.82. The van der Waals surface area contributed by atoms with Gasteiger partial charge in [-0.2, -0.15) is 4.31 Å². The number of rotatable bonds is 6. The molecule has 1 spiro atoms. The van der Waals surface area contributed by atoms with Crippen molar-refractivity contribution in [3.63, 3.8) is 0 Å². The summed E-state index contributed by atoms with van der Waals surface area (Å²) in [4.78, 5) is 20.1. The molecule has 1 unspecified atom stereocenters. The molecule has 2 fully saturated rings. The van der Waals surface area contributed by atoms with E-state index in [1.165, 1.54) is 21.8 Å². The minimum Gasteiger partial charge on any atom is -0.372 e. The van der Waals surface area contributed by atoms with Crippen LogP contribution < -0.4 is 5.32 Å². The van der Waals surface area contributed by atoms with Gasteiger partial charge in [0.1, 0.15) is 10.6 Å². The second-order valence-electron chi connectivity index (χ2n) is 6.78. The molecule has 27 heavy (non-hydrogen) atoms. The van der Waals surface area contributed by atoms with E-state index in [4.69, 9.17) is 4.74 Å². The zero-order valence-electron chi connectivity index (χ0n) is 14.6. The van der Waals surface area contributed by atoms with E-state index in [1.54, 1.807) is 29.2 Å². The van der Waals surface area contributed by atoms with Crippen molar-refractivity contribution < 1.29 is 17.9 Å².